The van der Waals surface area contributed by atoms with E-state index >= 15 is 0 Å². The first-order valence-corrected chi connectivity index (χ1v) is 9.17. The van der Waals surface area contributed by atoms with Crippen LogP contribution in [-0.2, 0) is 22.4 Å². The predicted octanol–water partition coefficient (Wildman–Crippen LogP) is 1.38. The zero-order valence-electron chi connectivity index (χ0n) is 15.4. The number of carbonyl (C=O) groups excluding carboxylic acids is 3. The van der Waals surface area contributed by atoms with Gasteiger partial charge in [-0.2, -0.15) is 0 Å². The molecule has 7 heteroatoms. The highest BCUT2D eigenvalue weighted by Gasteiger charge is 2.24. The first-order chi connectivity index (χ1) is 12.4. The normalized spacial score (nSPS) is 17.0. The third kappa shape index (κ3) is 4.33. The molecule has 4 amide bonds. The highest BCUT2D eigenvalue weighted by molar-refractivity contribution is 5.94. The van der Waals surface area contributed by atoms with E-state index in [-0.39, 0.29) is 23.9 Å². The van der Waals surface area contributed by atoms with Crippen LogP contribution in [0.25, 0.3) is 0 Å². The lowest BCUT2D eigenvalue weighted by molar-refractivity contribution is -0.131. The minimum atomic E-state index is -0.0659. The molecule has 0 bridgehead atoms. The minimum Gasteiger partial charge on any atom is -0.339 e. The van der Waals surface area contributed by atoms with Crippen molar-refractivity contribution in [2.45, 2.75) is 39.2 Å². The fraction of sp³-hybridized carbons (Fsp3) is 0.526. The number of piperazine rings is 1. The molecule has 2 aliphatic rings. The fourth-order valence-electron chi connectivity index (χ4n) is 3.33. The molecule has 0 radical (unpaired) electrons. The summed E-state index contributed by atoms with van der Waals surface area (Å²) in [5, 5.41) is 5.74. The zero-order chi connectivity index (χ0) is 18.7. The largest absolute Gasteiger partial charge is 0.339 e. The highest BCUT2D eigenvalue weighted by atomic mass is 16.2. The van der Waals surface area contributed by atoms with Crippen molar-refractivity contribution in [3.8, 4) is 0 Å². The van der Waals surface area contributed by atoms with Gasteiger partial charge in [0, 0.05) is 44.3 Å². The summed E-state index contributed by atoms with van der Waals surface area (Å²) >= 11 is 0. The molecule has 2 aliphatic heterocycles. The van der Waals surface area contributed by atoms with Crippen LogP contribution >= 0.6 is 0 Å². The van der Waals surface area contributed by atoms with Crippen LogP contribution in [0.15, 0.2) is 18.2 Å². The number of nitrogens with one attached hydrogen (secondary N) is 2. The van der Waals surface area contributed by atoms with Crippen molar-refractivity contribution in [2.24, 2.45) is 0 Å². The molecule has 0 spiro atoms. The van der Waals surface area contributed by atoms with Gasteiger partial charge in [0.25, 0.3) is 0 Å². The van der Waals surface area contributed by atoms with Crippen LogP contribution in [-0.4, -0.2) is 59.9 Å². The highest BCUT2D eigenvalue weighted by Crippen LogP contribution is 2.24. The summed E-state index contributed by atoms with van der Waals surface area (Å²) in [5.74, 6) is 0.120. The van der Waals surface area contributed by atoms with E-state index in [2.05, 4.69) is 10.6 Å². The van der Waals surface area contributed by atoms with Gasteiger partial charge in [0.1, 0.15) is 0 Å². The number of amides is 4. The Hall–Kier alpha value is -2.57. The molecule has 2 heterocycles. The molecule has 1 fully saturated rings. The Morgan fingerprint density at radius 2 is 1.81 bits per heavy atom. The molecule has 26 heavy (non-hydrogen) atoms. The van der Waals surface area contributed by atoms with E-state index in [0.717, 1.165) is 16.8 Å². The number of anilines is 1. The Morgan fingerprint density at radius 3 is 2.50 bits per heavy atom. The van der Waals surface area contributed by atoms with Gasteiger partial charge >= 0.3 is 6.03 Å². The fourth-order valence-corrected chi connectivity index (χ4v) is 3.33. The first kappa shape index (κ1) is 18.2. The average Bonchev–Trinajstić information content (AvgIpc) is 2.61. The van der Waals surface area contributed by atoms with Crippen LogP contribution in [0, 0.1) is 0 Å². The van der Waals surface area contributed by atoms with Crippen molar-refractivity contribution >= 4 is 23.5 Å². The third-order valence-electron chi connectivity index (χ3n) is 4.75. The molecule has 1 aromatic carbocycles. The summed E-state index contributed by atoms with van der Waals surface area (Å²) < 4.78 is 0. The van der Waals surface area contributed by atoms with Gasteiger partial charge in [0.2, 0.25) is 11.8 Å². The Balaban J connectivity index is 1.53. The summed E-state index contributed by atoms with van der Waals surface area (Å²) in [6, 6.07) is 5.83. The molecule has 7 nitrogen and oxygen atoms in total. The van der Waals surface area contributed by atoms with Gasteiger partial charge in [-0.05, 0) is 37.5 Å². The van der Waals surface area contributed by atoms with Gasteiger partial charge in [-0.25, -0.2) is 4.79 Å². The predicted molar refractivity (Wildman–Crippen MR) is 98.9 cm³/mol. The maximum atomic E-state index is 12.6. The van der Waals surface area contributed by atoms with E-state index in [9.17, 15) is 14.4 Å². The van der Waals surface area contributed by atoms with E-state index in [1.54, 1.807) is 4.90 Å². The summed E-state index contributed by atoms with van der Waals surface area (Å²) in [5.41, 5.74) is 2.90. The molecule has 2 N–H and O–H groups in total. The van der Waals surface area contributed by atoms with E-state index in [1.807, 2.05) is 36.9 Å². The number of benzene rings is 1. The third-order valence-corrected chi connectivity index (χ3v) is 4.75. The molecule has 1 saturated heterocycles. The molecular weight excluding hydrogens is 332 g/mol. The Bertz CT molecular complexity index is 709. The molecule has 0 unspecified atom stereocenters. The van der Waals surface area contributed by atoms with Gasteiger partial charge in [0.05, 0.1) is 6.42 Å². The van der Waals surface area contributed by atoms with Gasteiger partial charge in [0.15, 0.2) is 0 Å². The van der Waals surface area contributed by atoms with Crippen LogP contribution in [0.5, 0.6) is 0 Å². The van der Waals surface area contributed by atoms with Gasteiger partial charge in [-0.3, -0.25) is 9.59 Å². The van der Waals surface area contributed by atoms with Gasteiger partial charge in [-0.1, -0.05) is 12.1 Å². The van der Waals surface area contributed by atoms with Crippen molar-refractivity contribution in [1.29, 1.82) is 0 Å². The van der Waals surface area contributed by atoms with Crippen LogP contribution < -0.4 is 10.6 Å². The number of aryl methyl sites for hydroxylation is 1. The topological polar surface area (TPSA) is 81.8 Å². The lowest BCUT2D eigenvalue weighted by atomic mass is 9.99. The zero-order valence-corrected chi connectivity index (χ0v) is 15.4. The Labute approximate surface area is 153 Å². The van der Waals surface area contributed by atoms with Crippen LogP contribution in [0.2, 0.25) is 0 Å². The van der Waals surface area contributed by atoms with E-state index in [0.29, 0.717) is 45.4 Å². The van der Waals surface area contributed by atoms with Crippen LogP contribution in [0.1, 0.15) is 31.4 Å². The van der Waals surface area contributed by atoms with Crippen molar-refractivity contribution in [3.63, 3.8) is 0 Å². The standard InChI is InChI=1S/C19H26N4O3/c1-13(2)20-19(26)23-9-7-22(8-10-23)18(25)12-14-3-5-16-15(11-14)4-6-17(24)21-16/h3,5,11,13H,4,6-10,12H2,1-2H3,(H,20,26)(H,21,24). The van der Waals surface area contributed by atoms with Crippen molar-refractivity contribution in [3.05, 3.63) is 29.3 Å². The summed E-state index contributed by atoms with van der Waals surface area (Å²) in [6.45, 7) is 6.10. The number of hydrogen-bond acceptors (Lipinski definition) is 3. The Morgan fingerprint density at radius 1 is 1.12 bits per heavy atom. The monoisotopic (exact) mass is 358 g/mol. The van der Waals surface area contributed by atoms with E-state index in [4.69, 9.17) is 0 Å². The molecule has 3 rings (SSSR count). The molecule has 140 valence electrons. The number of rotatable bonds is 3. The minimum absolute atomic E-state index is 0.0423. The van der Waals surface area contributed by atoms with Crippen molar-refractivity contribution in [2.75, 3.05) is 31.5 Å². The van der Waals surface area contributed by atoms with E-state index in [1.165, 1.54) is 0 Å². The number of fused-ring (bicyclic) bond motifs is 1. The molecular formula is C19H26N4O3. The molecule has 0 atom stereocenters. The SMILES string of the molecule is CC(C)NC(=O)N1CCN(C(=O)Cc2ccc3c(c2)CCC(=O)N3)CC1. The van der Waals surface area contributed by atoms with Crippen molar-refractivity contribution < 1.29 is 14.4 Å². The van der Waals surface area contributed by atoms with Gasteiger partial charge in [-0.15, -0.1) is 0 Å². The maximum Gasteiger partial charge on any atom is 0.317 e. The molecule has 0 aromatic heterocycles. The lowest BCUT2D eigenvalue weighted by Gasteiger charge is -2.35. The average molecular weight is 358 g/mol. The number of nitrogens with zero attached hydrogens (tertiary/aromatic N) is 2. The van der Waals surface area contributed by atoms with Crippen LogP contribution in [0.3, 0.4) is 0 Å². The smallest absolute Gasteiger partial charge is 0.317 e. The molecule has 0 aliphatic carbocycles. The Kier molecular flexibility index (Phi) is 5.44. The first-order valence-electron chi connectivity index (χ1n) is 9.17. The number of carbonyl (C=O) groups is 3. The molecule has 0 saturated carbocycles. The molecule has 1 aromatic rings. The number of hydrogen-bond donors (Lipinski definition) is 2. The number of urea groups is 1. The summed E-state index contributed by atoms with van der Waals surface area (Å²) in [4.78, 5) is 39.6. The summed E-state index contributed by atoms with van der Waals surface area (Å²) in [7, 11) is 0. The second-order valence-corrected chi connectivity index (χ2v) is 7.19. The summed E-state index contributed by atoms with van der Waals surface area (Å²) in [6.07, 6.45) is 1.55. The quantitative estimate of drug-likeness (QED) is 0.856. The van der Waals surface area contributed by atoms with Crippen molar-refractivity contribution in [1.82, 2.24) is 15.1 Å². The maximum absolute atomic E-state index is 12.6. The van der Waals surface area contributed by atoms with Crippen LogP contribution in [0.4, 0.5) is 10.5 Å². The second-order valence-electron chi connectivity index (χ2n) is 7.19. The second kappa shape index (κ2) is 7.76. The van der Waals surface area contributed by atoms with Gasteiger partial charge < -0.3 is 20.4 Å². The van der Waals surface area contributed by atoms with E-state index < -0.39 is 0 Å². The lowest BCUT2D eigenvalue weighted by Crippen LogP contribution is -2.54.